The number of piperidine rings is 1. The van der Waals surface area contributed by atoms with Gasteiger partial charge in [-0.05, 0) is 70.3 Å². The van der Waals surface area contributed by atoms with Crippen molar-refractivity contribution in [2.24, 2.45) is 5.92 Å². The van der Waals surface area contributed by atoms with E-state index in [9.17, 15) is 5.11 Å². The fraction of sp³-hybridized carbons (Fsp3) is 0.480. The normalized spacial score (nSPS) is 18.6. The lowest BCUT2D eigenvalue weighted by molar-refractivity contribution is 0.0687. The van der Waals surface area contributed by atoms with Crippen LogP contribution < -0.4 is 5.32 Å². The summed E-state index contributed by atoms with van der Waals surface area (Å²) in [5.41, 5.74) is 2.60. The van der Waals surface area contributed by atoms with Gasteiger partial charge in [0.2, 0.25) is 0 Å². The van der Waals surface area contributed by atoms with Gasteiger partial charge in [0.05, 0.1) is 16.2 Å². The molecule has 3 aromatic rings. The zero-order valence-corrected chi connectivity index (χ0v) is 20.0. The van der Waals surface area contributed by atoms with Gasteiger partial charge in [-0.1, -0.05) is 24.6 Å². The number of benzene rings is 1. The monoisotopic (exact) mass is 453 g/mol. The largest absolute Gasteiger partial charge is 0.382 e. The summed E-state index contributed by atoms with van der Waals surface area (Å²) < 4.78 is 0. The zero-order valence-electron chi connectivity index (χ0n) is 19.3. The molecule has 0 saturated carbocycles. The molecule has 2 aromatic heterocycles. The van der Waals surface area contributed by atoms with Gasteiger partial charge in [-0.25, -0.2) is 9.97 Å². The van der Waals surface area contributed by atoms with Gasteiger partial charge in [0.15, 0.2) is 5.82 Å². The Hall–Kier alpha value is -2.28. The average molecular weight is 454 g/mol. The van der Waals surface area contributed by atoms with Gasteiger partial charge >= 0.3 is 0 Å². The van der Waals surface area contributed by atoms with Crippen molar-refractivity contribution in [3.8, 4) is 11.1 Å². The van der Waals surface area contributed by atoms with E-state index in [0.29, 0.717) is 22.8 Å². The molecule has 7 heteroatoms. The minimum Gasteiger partial charge on any atom is -0.382 e. The number of rotatable bonds is 6. The molecular formula is C25H32ClN5O. The molecule has 32 heavy (non-hydrogen) atoms. The number of nitrogens with one attached hydrogen (secondary N) is 1. The minimum atomic E-state index is -1.07. The van der Waals surface area contributed by atoms with E-state index in [4.69, 9.17) is 11.6 Å². The molecule has 1 fully saturated rings. The van der Waals surface area contributed by atoms with Crippen LogP contribution in [0, 0.1) is 5.92 Å². The van der Waals surface area contributed by atoms with Gasteiger partial charge in [-0.3, -0.25) is 4.98 Å². The maximum atomic E-state index is 10.1. The molecule has 1 aliphatic heterocycles. The topological polar surface area (TPSA) is 74.2 Å². The Morgan fingerprint density at radius 2 is 1.94 bits per heavy atom. The van der Waals surface area contributed by atoms with Gasteiger partial charge in [0, 0.05) is 42.1 Å². The number of fused-ring (bicyclic) bond motifs is 1. The van der Waals surface area contributed by atoms with Crippen LogP contribution in [0.2, 0.25) is 5.02 Å². The molecule has 6 nitrogen and oxygen atoms in total. The summed E-state index contributed by atoms with van der Waals surface area (Å²) in [5, 5.41) is 15.4. The number of halogens is 1. The molecule has 0 spiro atoms. The minimum absolute atomic E-state index is 0.297. The summed E-state index contributed by atoms with van der Waals surface area (Å²) in [6.07, 6.45) is 7.67. The lowest BCUT2D eigenvalue weighted by Crippen LogP contribution is -2.41. The highest BCUT2D eigenvalue weighted by molar-refractivity contribution is 6.34. The molecule has 3 heterocycles. The number of aromatic nitrogens is 3. The van der Waals surface area contributed by atoms with Crippen LogP contribution in [-0.4, -0.2) is 50.6 Å². The smallest absolute Gasteiger partial charge is 0.159 e. The van der Waals surface area contributed by atoms with Crippen molar-refractivity contribution in [3.05, 3.63) is 47.6 Å². The highest BCUT2D eigenvalue weighted by Gasteiger charge is 2.25. The molecule has 2 atom stereocenters. The predicted molar refractivity (Wildman–Crippen MR) is 131 cm³/mol. The standard InChI is InChI=1S/C25H32ClN5O/c1-5-31-10-6-7-18(15-31)16(2)30-23-20-11-17(8-9-22(20)27-14-21(23)26)19-12-28-24(29-13-19)25(3,4)32/h8-9,11-14,16,18,32H,5-7,10,15H2,1-4H3,(H,27,30)/t16-,18?/m0/s1. The summed E-state index contributed by atoms with van der Waals surface area (Å²) in [6, 6.07) is 6.40. The van der Waals surface area contributed by atoms with Crippen molar-refractivity contribution in [2.75, 3.05) is 25.0 Å². The second-order valence-corrected chi connectivity index (χ2v) is 9.70. The SMILES string of the molecule is CCN1CCCC([C@H](C)Nc2c(Cl)cnc3ccc(-c4cnc(C(C)(C)O)nc4)cc23)C1. The average Bonchev–Trinajstić information content (AvgIpc) is 2.80. The van der Waals surface area contributed by atoms with Crippen LogP contribution in [0.3, 0.4) is 0 Å². The number of hydrogen-bond acceptors (Lipinski definition) is 6. The van der Waals surface area contributed by atoms with E-state index >= 15 is 0 Å². The Bertz CT molecular complexity index is 1080. The number of anilines is 1. The Labute approximate surface area is 195 Å². The molecule has 1 aliphatic rings. The fourth-order valence-corrected chi connectivity index (χ4v) is 4.62. The van der Waals surface area contributed by atoms with Crippen molar-refractivity contribution in [3.63, 3.8) is 0 Å². The maximum Gasteiger partial charge on any atom is 0.159 e. The van der Waals surface area contributed by atoms with Crippen molar-refractivity contribution in [2.45, 2.75) is 52.2 Å². The molecule has 0 bridgehead atoms. The Balaban J connectivity index is 1.65. The van der Waals surface area contributed by atoms with Crippen LogP contribution in [0.1, 0.15) is 46.4 Å². The van der Waals surface area contributed by atoms with Crippen LogP contribution >= 0.6 is 11.6 Å². The third-order valence-corrected chi connectivity index (χ3v) is 6.71. The summed E-state index contributed by atoms with van der Waals surface area (Å²) in [7, 11) is 0. The van der Waals surface area contributed by atoms with Crippen LogP contribution in [0.4, 0.5) is 5.69 Å². The summed E-state index contributed by atoms with van der Waals surface area (Å²) >= 11 is 6.62. The summed E-state index contributed by atoms with van der Waals surface area (Å²) in [4.78, 5) is 15.7. The van der Waals surface area contributed by atoms with Crippen molar-refractivity contribution < 1.29 is 5.11 Å². The number of aliphatic hydroxyl groups is 1. The maximum absolute atomic E-state index is 10.1. The van der Waals surface area contributed by atoms with E-state index in [1.807, 2.05) is 12.1 Å². The first-order valence-electron chi connectivity index (χ1n) is 11.4. The molecule has 0 aliphatic carbocycles. The molecule has 2 N–H and O–H groups in total. The first-order chi connectivity index (χ1) is 15.3. The molecule has 1 aromatic carbocycles. The van der Waals surface area contributed by atoms with Crippen LogP contribution in [-0.2, 0) is 5.60 Å². The van der Waals surface area contributed by atoms with Crippen molar-refractivity contribution in [1.29, 1.82) is 0 Å². The van der Waals surface area contributed by atoms with Gasteiger partial charge in [-0.15, -0.1) is 0 Å². The van der Waals surface area contributed by atoms with Crippen LogP contribution in [0.15, 0.2) is 36.8 Å². The van der Waals surface area contributed by atoms with E-state index in [0.717, 1.165) is 40.8 Å². The lowest BCUT2D eigenvalue weighted by Gasteiger charge is -2.36. The van der Waals surface area contributed by atoms with Gasteiger partial charge in [0.25, 0.3) is 0 Å². The van der Waals surface area contributed by atoms with Gasteiger partial charge in [-0.2, -0.15) is 0 Å². The second-order valence-electron chi connectivity index (χ2n) is 9.30. The molecule has 1 saturated heterocycles. The predicted octanol–water partition coefficient (Wildman–Crippen LogP) is 5.10. The van der Waals surface area contributed by atoms with Gasteiger partial charge < -0.3 is 15.3 Å². The zero-order chi connectivity index (χ0) is 22.9. The Kier molecular flexibility index (Phi) is 6.65. The summed E-state index contributed by atoms with van der Waals surface area (Å²) in [5.74, 6) is 0.977. The van der Waals surface area contributed by atoms with E-state index in [2.05, 4.69) is 45.1 Å². The Morgan fingerprint density at radius 1 is 1.19 bits per heavy atom. The molecule has 4 rings (SSSR count). The molecule has 0 radical (unpaired) electrons. The second kappa shape index (κ2) is 9.30. The molecule has 170 valence electrons. The van der Waals surface area contributed by atoms with E-state index in [1.165, 1.54) is 19.4 Å². The van der Waals surface area contributed by atoms with Crippen molar-refractivity contribution >= 4 is 28.2 Å². The molecule has 0 amide bonds. The highest BCUT2D eigenvalue weighted by Crippen LogP contribution is 2.34. The quantitative estimate of drug-likeness (QED) is 0.540. The van der Waals surface area contributed by atoms with E-state index < -0.39 is 5.60 Å². The highest BCUT2D eigenvalue weighted by atomic mass is 35.5. The molecule has 1 unspecified atom stereocenters. The van der Waals surface area contributed by atoms with Gasteiger partial charge in [0.1, 0.15) is 5.60 Å². The van der Waals surface area contributed by atoms with Crippen LogP contribution in [0.5, 0.6) is 0 Å². The number of likely N-dealkylation sites (tertiary alicyclic amines) is 1. The fourth-order valence-electron chi connectivity index (χ4n) is 4.42. The van der Waals surface area contributed by atoms with E-state index in [-0.39, 0.29) is 0 Å². The van der Waals surface area contributed by atoms with Crippen LogP contribution in [0.25, 0.3) is 22.0 Å². The molecular weight excluding hydrogens is 422 g/mol. The summed E-state index contributed by atoms with van der Waals surface area (Å²) in [6.45, 7) is 11.2. The van der Waals surface area contributed by atoms with E-state index in [1.54, 1.807) is 32.4 Å². The third-order valence-electron chi connectivity index (χ3n) is 6.42. The number of nitrogens with zero attached hydrogens (tertiary/aromatic N) is 4. The lowest BCUT2D eigenvalue weighted by atomic mass is 9.91. The number of hydrogen-bond donors (Lipinski definition) is 2. The van der Waals surface area contributed by atoms with Crippen molar-refractivity contribution in [1.82, 2.24) is 19.9 Å². The number of pyridine rings is 1. The third kappa shape index (κ3) is 4.87. The first-order valence-corrected chi connectivity index (χ1v) is 11.8. The first kappa shape index (κ1) is 22.9. The Morgan fingerprint density at radius 3 is 2.62 bits per heavy atom.